The zero-order chi connectivity index (χ0) is 28.8. The van der Waals surface area contributed by atoms with Crippen molar-refractivity contribution in [3.8, 4) is 0 Å². The van der Waals surface area contributed by atoms with Crippen molar-refractivity contribution < 1.29 is 14.8 Å². The molecule has 1 atom stereocenters. The van der Waals surface area contributed by atoms with Crippen molar-refractivity contribution in [2.75, 3.05) is 39.8 Å². The van der Waals surface area contributed by atoms with E-state index in [0.717, 1.165) is 57.4 Å². The molecule has 2 aliphatic heterocycles. The van der Waals surface area contributed by atoms with Crippen LogP contribution in [-0.4, -0.2) is 83.2 Å². The van der Waals surface area contributed by atoms with Crippen molar-refractivity contribution in [3.05, 3.63) is 67.6 Å². The molecule has 2 fully saturated rings. The highest BCUT2D eigenvalue weighted by Crippen LogP contribution is 2.31. The molecule has 2 aliphatic rings. The molecule has 0 saturated carbocycles. The van der Waals surface area contributed by atoms with Gasteiger partial charge in [-0.2, -0.15) is 0 Å². The predicted octanol–water partition coefficient (Wildman–Crippen LogP) is 6.85. The van der Waals surface area contributed by atoms with Gasteiger partial charge in [0.2, 0.25) is 5.91 Å². The Kier molecular flexibility index (Phi) is 11.0. The molecular formula is C29H34Cl4N4O3. The first kappa shape index (κ1) is 30.9. The molecule has 0 unspecified atom stereocenters. The molecule has 1 N–H and O–H groups in total. The number of piperidine rings is 2. The van der Waals surface area contributed by atoms with Gasteiger partial charge in [0.05, 0.1) is 22.3 Å². The SMILES string of the molecule is CN(C/C(=N\O)[C@H](CCN1CCC(N2CCCCC2=O)CC1)c1ccc(Cl)c(Cl)c1)C(=O)c1cc(Cl)cc(Cl)c1. The number of nitrogens with zero attached hydrogens (tertiary/aromatic N) is 4. The molecule has 2 amide bonds. The average Bonchev–Trinajstić information content (AvgIpc) is 2.94. The molecular weight excluding hydrogens is 594 g/mol. The summed E-state index contributed by atoms with van der Waals surface area (Å²) in [5.74, 6) is -0.320. The van der Waals surface area contributed by atoms with Crippen LogP contribution in [0, 0.1) is 0 Å². The number of amides is 2. The zero-order valence-corrected chi connectivity index (χ0v) is 25.5. The molecule has 2 saturated heterocycles. The Balaban J connectivity index is 1.45. The van der Waals surface area contributed by atoms with Crippen molar-refractivity contribution >= 4 is 63.9 Å². The van der Waals surface area contributed by atoms with E-state index in [1.807, 2.05) is 6.07 Å². The molecule has 2 heterocycles. The van der Waals surface area contributed by atoms with Gasteiger partial charge in [0.25, 0.3) is 5.91 Å². The number of carbonyl (C=O) groups is 2. The number of benzene rings is 2. The Hall–Kier alpha value is -2.03. The van der Waals surface area contributed by atoms with Crippen LogP contribution >= 0.6 is 46.4 Å². The fraction of sp³-hybridized carbons (Fsp3) is 0.483. The van der Waals surface area contributed by atoms with Crippen LogP contribution in [-0.2, 0) is 4.79 Å². The van der Waals surface area contributed by atoms with Crippen LogP contribution in [0.4, 0.5) is 0 Å². The van der Waals surface area contributed by atoms with Gasteiger partial charge >= 0.3 is 0 Å². The minimum Gasteiger partial charge on any atom is -0.411 e. The largest absolute Gasteiger partial charge is 0.411 e. The van der Waals surface area contributed by atoms with E-state index in [9.17, 15) is 14.8 Å². The highest BCUT2D eigenvalue weighted by Gasteiger charge is 2.30. The lowest BCUT2D eigenvalue weighted by Crippen LogP contribution is -2.49. The minimum absolute atomic E-state index is 0.0868. The second kappa shape index (κ2) is 14.2. The second-order valence-corrected chi connectivity index (χ2v) is 12.2. The maximum atomic E-state index is 13.1. The Morgan fingerprint density at radius 3 is 2.35 bits per heavy atom. The van der Waals surface area contributed by atoms with E-state index in [4.69, 9.17) is 46.4 Å². The van der Waals surface area contributed by atoms with Crippen molar-refractivity contribution in [3.63, 3.8) is 0 Å². The molecule has 7 nitrogen and oxygen atoms in total. The van der Waals surface area contributed by atoms with Gasteiger partial charge in [-0.3, -0.25) is 9.59 Å². The van der Waals surface area contributed by atoms with Crippen molar-refractivity contribution in [1.29, 1.82) is 0 Å². The monoisotopic (exact) mass is 626 g/mol. The van der Waals surface area contributed by atoms with E-state index < -0.39 is 0 Å². The summed E-state index contributed by atoms with van der Waals surface area (Å²) < 4.78 is 0. The van der Waals surface area contributed by atoms with Gasteiger partial charge in [0.15, 0.2) is 0 Å². The van der Waals surface area contributed by atoms with Crippen LogP contribution in [0.5, 0.6) is 0 Å². The van der Waals surface area contributed by atoms with Crippen molar-refractivity contribution in [1.82, 2.24) is 14.7 Å². The molecule has 0 bridgehead atoms. The minimum atomic E-state index is -0.306. The third kappa shape index (κ3) is 7.83. The fourth-order valence-electron chi connectivity index (χ4n) is 5.66. The third-order valence-electron chi connectivity index (χ3n) is 7.82. The molecule has 40 heavy (non-hydrogen) atoms. The quantitative estimate of drug-likeness (QED) is 0.187. The van der Waals surface area contributed by atoms with Gasteiger partial charge in [-0.15, -0.1) is 0 Å². The molecule has 0 spiro atoms. The van der Waals surface area contributed by atoms with Gasteiger partial charge < -0.3 is 19.9 Å². The van der Waals surface area contributed by atoms with Gasteiger partial charge in [-0.25, -0.2) is 0 Å². The molecule has 2 aromatic rings. The first-order valence-corrected chi connectivity index (χ1v) is 15.1. The second-order valence-electron chi connectivity index (χ2n) is 10.5. The summed E-state index contributed by atoms with van der Waals surface area (Å²) in [4.78, 5) is 31.5. The summed E-state index contributed by atoms with van der Waals surface area (Å²) in [7, 11) is 1.64. The maximum Gasteiger partial charge on any atom is 0.254 e. The van der Waals surface area contributed by atoms with Gasteiger partial charge in [0.1, 0.15) is 0 Å². The summed E-state index contributed by atoms with van der Waals surface area (Å²) in [6, 6.07) is 10.4. The Bertz CT molecular complexity index is 1230. The van der Waals surface area contributed by atoms with E-state index in [1.54, 1.807) is 37.4 Å². The number of likely N-dealkylation sites (tertiary alicyclic amines) is 2. The van der Waals surface area contributed by atoms with Crippen LogP contribution < -0.4 is 0 Å². The van der Waals surface area contributed by atoms with E-state index in [1.165, 1.54) is 4.90 Å². The third-order valence-corrected chi connectivity index (χ3v) is 9.00. The van der Waals surface area contributed by atoms with Crippen molar-refractivity contribution in [2.24, 2.45) is 5.16 Å². The van der Waals surface area contributed by atoms with E-state index in [0.29, 0.717) is 50.2 Å². The van der Waals surface area contributed by atoms with Crippen LogP contribution in [0.25, 0.3) is 0 Å². The summed E-state index contributed by atoms with van der Waals surface area (Å²) >= 11 is 24.7. The first-order valence-electron chi connectivity index (χ1n) is 13.6. The van der Waals surface area contributed by atoms with Crippen LogP contribution in [0.3, 0.4) is 0 Å². The van der Waals surface area contributed by atoms with E-state index >= 15 is 0 Å². The number of halogens is 4. The molecule has 0 aliphatic carbocycles. The Morgan fingerprint density at radius 1 is 1.02 bits per heavy atom. The number of carbonyl (C=O) groups excluding carboxylic acids is 2. The topological polar surface area (TPSA) is 76.5 Å². The number of hydrogen-bond acceptors (Lipinski definition) is 5. The summed E-state index contributed by atoms with van der Waals surface area (Å²) in [5, 5.41) is 15.3. The zero-order valence-electron chi connectivity index (χ0n) is 22.5. The predicted molar refractivity (Wildman–Crippen MR) is 161 cm³/mol. The molecule has 4 rings (SSSR count). The van der Waals surface area contributed by atoms with Gasteiger partial charge in [0, 0.05) is 60.7 Å². The van der Waals surface area contributed by atoms with Gasteiger partial charge in [-0.05, 0) is 74.5 Å². The summed E-state index contributed by atoms with van der Waals surface area (Å²) in [6.07, 6.45) is 5.29. The van der Waals surface area contributed by atoms with E-state index in [2.05, 4.69) is 15.0 Å². The Labute approximate surface area is 255 Å². The number of rotatable bonds is 9. The molecule has 216 valence electrons. The van der Waals surface area contributed by atoms with Crippen LogP contribution in [0.2, 0.25) is 20.1 Å². The summed E-state index contributed by atoms with van der Waals surface area (Å²) in [5.41, 5.74) is 1.62. The molecule has 11 heteroatoms. The molecule has 0 radical (unpaired) electrons. The van der Waals surface area contributed by atoms with Crippen LogP contribution in [0.15, 0.2) is 41.6 Å². The lowest BCUT2D eigenvalue weighted by Gasteiger charge is -2.40. The lowest BCUT2D eigenvalue weighted by molar-refractivity contribution is -0.136. The molecule has 2 aromatic carbocycles. The fourth-order valence-corrected chi connectivity index (χ4v) is 6.49. The normalized spacial score (nSPS) is 18.2. The van der Waals surface area contributed by atoms with Crippen LogP contribution in [0.1, 0.15) is 60.4 Å². The summed E-state index contributed by atoms with van der Waals surface area (Å²) in [6.45, 7) is 3.49. The smallest absolute Gasteiger partial charge is 0.254 e. The Morgan fingerprint density at radius 2 is 1.73 bits per heavy atom. The average molecular weight is 628 g/mol. The first-order chi connectivity index (χ1) is 19.2. The van der Waals surface area contributed by atoms with E-state index in [-0.39, 0.29) is 24.3 Å². The lowest BCUT2D eigenvalue weighted by atomic mass is 9.89. The maximum absolute atomic E-state index is 13.1. The number of hydrogen-bond donors (Lipinski definition) is 1. The standard InChI is InChI=1S/C29H34Cl4N4O3/c1-35(29(39)20-14-21(30)17-22(31)15-20)18-27(34-40)24(19-5-6-25(32)26(33)16-19)9-13-36-11-7-23(8-12-36)37-10-3-2-4-28(37)38/h5-6,14-17,23-24,40H,2-4,7-13,18H2,1H3/b34-27+/t24-/m1/s1. The highest BCUT2D eigenvalue weighted by molar-refractivity contribution is 6.42. The number of oxime groups is 1. The van der Waals surface area contributed by atoms with Crippen molar-refractivity contribution in [2.45, 2.75) is 50.5 Å². The highest BCUT2D eigenvalue weighted by atomic mass is 35.5. The van der Waals surface area contributed by atoms with Gasteiger partial charge in [-0.1, -0.05) is 57.6 Å². The molecule has 0 aromatic heterocycles.